The Morgan fingerprint density at radius 3 is 2.90 bits per heavy atom. The number of nitrogens with one attached hydrogen (secondary N) is 1. The highest BCUT2D eigenvalue weighted by Crippen LogP contribution is 2.26. The average Bonchev–Trinajstić information content (AvgIpc) is 2.95. The SMILES string of the molecule is CCNCc1ccc(OCc2csc3ccccc23)cn1. The van der Waals surface area contributed by atoms with E-state index in [9.17, 15) is 0 Å². The van der Waals surface area contributed by atoms with Crippen LogP contribution in [0.15, 0.2) is 48.0 Å². The van der Waals surface area contributed by atoms with Crippen molar-refractivity contribution < 1.29 is 4.74 Å². The van der Waals surface area contributed by atoms with E-state index in [0.29, 0.717) is 6.61 Å². The zero-order chi connectivity index (χ0) is 14.5. The Hall–Kier alpha value is -1.91. The lowest BCUT2D eigenvalue weighted by atomic mass is 10.2. The first kappa shape index (κ1) is 14.0. The molecule has 0 aliphatic rings. The minimum absolute atomic E-state index is 0.582. The molecule has 4 heteroatoms. The number of hydrogen-bond donors (Lipinski definition) is 1. The third-order valence-electron chi connectivity index (χ3n) is 3.31. The van der Waals surface area contributed by atoms with Crippen molar-refractivity contribution in [1.29, 1.82) is 0 Å². The molecule has 0 saturated carbocycles. The molecule has 0 bridgehead atoms. The number of thiophene rings is 1. The van der Waals surface area contributed by atoms with Gasteiger partial charge in [0.05, 0.1) is 11.9 Å². The summed E-state index contributed by atoms with van der Waals surface area (Å²) in [5.41, 5.74) is 2.26. The van der Waals surface area contributed by atoms with Gasteiger partial charge in [-0.15, -0.1) is 11.3 Å². The molecular weight excluding hydrogens is 280 g/mol. The number of ether oxygens (including phenoxy) is 1. The van der Waals surface area contributed by atoms with Gasteiger partial charge in [0.15, 0.2) is 0 Å². The lowest BCUT2D eigenvalue weighted by molar-refractivity contribution is 0.306. The normalized spacial score (nSPS) is 10.9. The quantitative estimate of drug-likeness (QED) is 0.747. The summed E-state index contributed by atoms with van der Waals surface area (Å²) in [7, 11) is 0. The Labute approximate surface area is 128 Å². The molecule has 3 nitrogen and oxygen atoms in total. The van der Waals surface area contributed by atoms with Crippen molar-refractivity contribution in [2.45, 2.75) is 20.1 Å². The molecule has 3 rings (SSSR count). The third-order valence-corrected chi connectivity index (χ3v) is 4.32. The number of hydrogen-bond acceptors (Lipinski definition) is 4. The highest BCUT2D eigenvalue weighted by Gasteiger charge is 2.04. The maximum atomic E-state index is 5.84. The summed E-state index contributed by atoms with van der Waals surface area (Å²) in [6, 6.07) is 12.4. The summed E-state index contributed by atoms with van der Waals surface area (Å²) in [5.74, 6) is 0.811. The van der Waals surface area contributed by atoms with Crippen LogP contribution in [0.2, 0.25) is 0 Å². The van der Waals surface area contributed by atoms with Crippen LogP contribution in [0, 0.1) is 0 Å². The van der Waals surface area contributed by atoms with Crippen molar-refractivity contribution in [2.24, 2.45) is 0 Å². The highest BCUT2D eigenvalue weighted by atomic mass is 32.1. The van der Waals surface area contributed by atoms with E-state index in [2.05, 4.69) is 46.9 Å². The van der Waals surface area contributed by atoms with E-state index in [1.807, 2.05) is 12.1 Å². The smallest absolute Gasteiger partial charge is 0.138 e. The third kappa shape index (κ3) is 3.40. The van der Waals surface area contributed by atoms with Crippen molar-refractivity contribution in [1.82, 2.24) is 10.3 Å². The molecule has 0 aliphatic carbocycles. The van der Waals surface area contributed by atoms with Gasteiger partial charge >= 0.3 is 0 Å². The molecule has 2 aromatic heterocycles. The van der Waals surface area contributed by atoms with E-state index in [1.165, 1.54) is 15.6 Å². The number of pyridine rings is 1. The molecule has 1 aromatic carbocycles. The topological polar surface area (TPSA) is 34.1 Å². The number of nitrogens with zero attached hydrogens (tertiary/aromatic N) is 1. The predicted molar refractivity (Wildman–Crippen MR) is 87.8 cm³/mol. The van der Waals surface area contributed by atoms with E-state index >= 15 is 0 Å². The molecule has 0 spiro atoms. The molecule has 108 valence electrons. The predicted octanol–water partition coefficient (Wildman–Crippen LogP) is 3.98. The summed E-state index contributed by atoms with van der Waals surface area (Å²) in [6.07, 6.45) is 1.79. The van der Waals surface area contributed by atoms with Gasteiger partial charge in [-0.1, -0.05) is 25.1 Å². The van der Waals surface area contributed by atoms with E-state index in [1.54, 1.807) is 17.5 Å². The Morgan fingerprint density at radius 1 is 1.19 bits per heavy atom. The van der Waals surface area contributed by atoms with Crippen LogP contribution in [-0.4, -0.2) is 11.5 Å². The van der Waals surface area contributed by atoms with Crippen molar-refractivity contribution in [3.63, 3.8) is 0 Å². The summed E-state index contributed by atoms with van der Waals surface area (Å²) < 4.78 is 7.14. The second kappa shape index (κ2) is 6.70. The molecule has 0 atom stereocenters. The van der Waals surface area contributed by atoms with Crippen LogP contribution in [0.3, 0.4) is 0 Å². The zero-order valence-corrected chi connectivity index (χ0v) is 12.8. The first-order valence-electron chi connectivity index (χ1n) is 7.10. The summed E-state index contributed by atoms with van der Waals surface area (Å²) in [5, 5.41) is 6.70. The fourth-order valence-electron chi connectivity index (χ4n) is 2.16. The van der Waals surface area contributed by atoms with Crippen molar-refractivity contribution in [2.75, 3.05) is 6.54 Å². The molecule has 0 aliphatic heterocycles. The molecule has 0 amide bonds. The molecule has 3 aromatic rings. The lowest BCUT2D eigenvalue weighted by Crippen LogP contribution is -2.12. The van der Waals surface area contributed by atoms with E-state index in [-0.39, 0.29) is 0 Å². The van der Waals surface area contributed by atoms with Crippen LogP contribution in [0.4, 0.5) is 0 Å². The van der Waals surface area contributed by atoms with Crippen LogP contribution in [0.5, 0.6) is 5.75 Å². The Morgan fingerprint density at radius 2 is 2.10 bits per heavy atom. The Kier molecular flexibility index (Phi) is 4.48. The van der Waals surface area contributed by atoms with Gasteiger partial charge in [0, 0.05) is 16.8 Å². The Bertz CT molecular complexity index is 706. The molecule has 0 unspecified atom stereocenters. The van der Waals surface area contributed by atoms with Gasteiger partial charge in [0.2, 0.25) is 0 Å². The first-order chi connectivity index (χ1) is 10.4. The number of benzene rings is 1. The molecule has 2 heterocycles. The maximum absolute atomic E-state index is 5.84. The maximum Gasteiger partial charge on any atom is 0.138 e. The van der Waals surface area contributed by atoms with Gasteiger partial charge < -0.3 is 10.1 Å². The van der Waals surface area contributed by atoms with Gasteiger partial charge in [-0.2, -0.15) is 0 Å². The summed E-state index contributed by atoms with van der Waals surface area (Å²) >= 11 is 1.76. The van der Waals surface area contributed by atoms with Crippen LogP contribution >= 0.6 is 11.3 Å². The molecular formula is C17H18N2OS. The van der Waals surface area contributed by atoms with Gasteiger partial charge in [-0.05, 0) is 35.5 Å². The van der Waals surface area contributed by atoms with Gasteiger partial charge in [-0.3, -0.25) is 4.98 Å². The standard InChI is InChI=1S/C17H18N2OS/c1-2-18-9-14-7-8-15(10-19-14)20-11-13-12-21-17-6-4-3-5-16(13)17/h3-8,10,12,18H,2,9,11H2,1H3. The average molecular weight is 298 g/mol. The first-order valence-corrected chi connectivity index (χ1v) is 7.98. The summed E-state index contributed by atoms with van der Waals surface area (Å²) in [6.45, 7) is 4.41. The van der Waals surface area contributed by atoms with Crippen LogP contribution in [0.1, 0.15) is 18.2 Å². The van der Waals surface area contributed by atoms with Crippen LogP contribution in [0.25, 0.3) is 10.1 Å². The van der Waals surface area contributed by atoms with Crippen LogP contribution in [-0.2, 0) is 13.2 Å². The Balaban J connectivity index is 1.64. The molecule has 1 N–H and O–H groups in total. The van der Waals surface area contributed by atoms with E-state index in [0.717, 1.165) is 24.5 Å². The number of rotatable bonds is 6. The second-order valence-electron chi connectivity index (χ2n) is 4.81. The largest absolute Gasteiger partial charge is 0.487 e. The number of aromatic nitrogens is 1. The lowest BCUT2D eigenvalue weighted by Gasteiger charge is -2.06. The van der Waals surface area contributed by atoms with Crippen molar-refractivity contribution in [3.05, 3.63) is 59.2 Å². The summed E-state index contributed by atoms with van der Waals surface area (Å²) in [4.78, 5) is 4.39. The van der Waals surface area contributed by atoms with Crippen molar-refractivity contribution >= 4 is 21.4 Å². The van der Waals surface area contributed by atoms with E-state index < -0.39 is 0 Å². The molecule has 0 radical (unpaired) electrons. The van der Waals surface area contributed by atoms with Crippen molar-refractivity contribution in [3.8, 4) is 5.75 Å². The minimum atomic E-state index is 0.582. The number of fused-ring (bicyclic) bond motifs is 1. The van der Waals surface area contributed by atoms with E-state index in [4.69, 9.17) is 4.74 Å². The molecule has 0 fully saturated rings. The molecule has 0 saturated heterocycles. The fraction of sp³-hybridized carbons (Fsp3) is 0.235. The molecule has 21 heavy (non-hydrogen) atoms. The zero-order valence-electron chi connectivity index (χ0n) is 12.0. The second-order valence-corrected chi connectivity index (χ2v) is 5.72. The van der Waals surface area contributed by atoms with Crippen LogP contribution < -0.4 is 10.1 Å². The minimum Gasteiger partial charge on any atom is -0.487 e. The van der Waals surface area contributed by atoms with Gasteiger partial charge in [0.25, 0.3) is 0 Å². The van der Waals surface area contributed by atoms with Gasteiger partial charge in [0.1, 0.15) is 12.4 Å². The monoisotopic (exact) mass is 298 g/mol. The highest BCUT2D eigenvalue weighted by molar-refractivity contribution is 7.17. The fourth-order valence-corrected chi connectivity index (χ4v) is 3.11. The van der Waals surface area contributed by atoms with Gasteiger partial charge in [-0.25, -0.2) is 0 Å².